The summed E-state index contributed by atoms with van der Waals surface area (Å²) in [4.78, 5) is 31.7. The van der Waals surface area contributed by atoms with E-state index in [1.54, 1.807) is 11.8 Å². The maximum absolute atomic E-state index is 13.3. The van der Waals surface area contributed by atoms with Crippen molar-refractivity contribution in [1.82, 2.24) is 19.8 Å². The number of nitrogens with zero attached hydrogens (tertiary/aromatic N) is 3. The van der Waals surface area contributed by atoms with Gasteiger partial charge >= 0.3 is 6.09 Å². The summed E-state index contributed by atoms with van der Waals surface area (Å²) < 4.78 is 7.32. The van der Waals surface area contributed by atoms with Gasteiger partial charge in [0.2, 0.25) is 5.91 Å². The van der Waals surface area contributed by atoms with Gasteiger partial charge in [0.25, 0.3) is 0 Å². The van der Waals surface area contributed by atoms with E-state index in [9.17, 15) is 9.59 Å². The van der Waals surface area contributed by atoms with E-state index in [2.05, 4.69) is 14.9 Å². The van der Waals surface area contributed by atoms with Crippen LogP contribution in [0.15, 0.2) is 36.7 Å². The van der Waals surface area contributed by atoms with E-state index >= 15 is 0 Å². The van der Waals surface area contributed by atoms with Crippen LogP contribution < -0.4 is 5.32 Å². The predicted octanol–water partition coefficient (Wildman–Crippen LogP) is 2.85. The number of imidazole rings is 1. The van der Waals surface area contributed by atoms with Gasteiger partial charge < -0.3 is 19.5 Å². The Morgan fingerprint density at radius 1 is 1.28 bits per heavy atom. The van der Waals surface area contributed by atoms with Gasteiger partial charge in [0.15, 0.2) is 0 Å². The number of carbonyl (C=O) groups is 2. The van der Waals surface area contributed by atoms with Gasteiger partial charge in [-0.1, -0.05) is 30.3 Å². The molecule has 2 aromatic rings. The van der Waals surface area contributed by atoms with Crippen molar-refractivity contribution in [1.29, 1.82) is 0 Å². The van der Waals surface area contributed by atoms with Crippen molar-refractivity contribution in [3.05, 3.63) is 53.6 Å². The first-order valence-corrected chi connectivity index (χ1v) is 10.5. The minimum absolute atomic E-state index is 0.0919. The van der Waals surface area contributed by atoms with E-state index in [1.165, 1.54) is 25.0 Å². The Kier molecular flexibility index (Phi) is 5.83. The topological polar surface area (TPSA) is 76.5 Å². The molecule has 1 saturated carbocycles. The highest BCUT2D eigenvalue weighted by Crippen LogP contribution is 2.34. The predicted molar refractivity (Wildman–Crippen MR) is 108 cm³/mol. The summed E-state index contributed by atoms with van der Waals surface area (Å²) >= 11 is 0. The summed E-state index contributed by atoms with van der Waals surface area (Å²) in [5.41, 5.74) is 3.23. The van der Waals surface area contributed by atoms with Gasteiger partial charge in [-0.15, -0.1) is 0 Å². The normalized spacial score (nSPS) is 17.2. The van der Waals surface area contributed by atoms with Gasteiger partial charge in [-0.05, 0) is 31.7 Å². The van der Waals surface area contributed by atoms with Gasteiger partial charge in [-0.2, -0.15) is 0 Å². The molecule has 29 heavy (non-hydrogen) atoms. The first kappa shape index (κ1) is 19.5. The zero-order chi connectivity index (χ0) is 20.2. The lowest BCUT2D eigenvalue weighted by Crippen LogP contribution is -2.51. The molecule has 154 valence electrons. The fourth-order valence-electron chi connectivity index (χ4n) is 4.08. The molecule has 1 fully saturated rings. The number of hydrogen-bond donors (Lipinski definition) is 1. The highest BCUT2D eigenvalue weighted by atomic mass is 16.5. The molecule has 2 aliphatic rings. The summed E-state index contributed by atoms with van der Waals surface area (Å²) in [6.07, 6.45) is 6.31. The number of nitrogens with one attached hydrogen (secondary N) is 1. The second-order valence-corrected chi connectivity index (χ2v) is 7.75. The molecular formula is C22H28N4O3. The zero-order valence-electron chi connectivity index (χ0n) is 16.8. The highest BCUT2D eigenvalue weighted by Gasteiger charge is 2.32. The minimum Gasteiger partial charge on any atom is -0.450 e. The Bertz CT molecular complexity index is 860. The standard InChI is InChI=1S/C22H28N4O3/c1-2-29-22(28)24-18(13-16-7-4-3-5-8-16)21(27)25-12-11-20-19(14-25)23-15-26(20)17-9-6-10-17/h3-5,7-8,15,17-18H,2,6,9-14H2,1H3,(H,24,28)/t18-/m1/s1. The highest BCUT2D eigenvalue weighted by molar-refractivity contribution is 5.86. The number of carbonyl (C=O) groups excluding carboxylic acids is 2. The summed E-state index contributed by atoms with van der Waals surface area (Å²) in [5, 5.41) is 2.75. The molecule has 1 N–H and O–H groups in total. The lowest BCUT2D eigenvalue weighted by Gasteiger charge is -2.33. The van der Waals surface area contributed by atoms with E-state index in [0.717, 1.165) is 17.7 Å². The largest absolute Gasteiger partial charge is 0.450 e. The van der Waals surface area contributed by atoms with Crippen LogP contribution in [0.1, 0.15) is 49.2 Å². The van der Waals surface area contributed by atoms with Gasteiger partial charge in [-0.3, -0.25) is 4.79 Å². The molecule has 0 radical (unpaired) electrons. The number of fused-ring (bicyclic) bond motifs is 1. The van der Waals surface area contributed by atoms with E-state index in [4.69, 9.17) is 4.74 Å². The van der Waals surface area contributed by atoms with Crippen molar-refractivity contribution in [2.45, 2.75) is 57.7 Å². The lowest BCUT2D eigenvalue weighted by atomic mass is 9.92. The van der Waals surface area contributed by atoms with Crippen molar-refractivity contribution in [3.8, 4) is 0 Å². The fourth-order valence-corrected chi connectivity index (χ4v) is 4.08. The first-order valence-electron chi connectivity index (χ1n) is 10.5. The molecule has 1 atom stereocenters. The van der Waals surface area contributed by atoms with Crippen molar-refractivity contribution in [2.75, 3.05) is 13.2 Å². The molecule has 1 aromatic heterocycles. The van der Waals surface area contributed by atoms with Gasteiger partial charge in [0, 0.05) is 31.1 Å². The molecule has 1 aliphatic heterocycles. The van der Waals surface area contributed by atoms with E-state index in [1.807, 2.05) is 36.7 Å². The quantitative estimate of drug-likeness (QED) is 0.815. The smallest absolute Gasteiger partial charge is 0.407 e. The van der Waals surface area contributed by atoms with Gasteiger partial charge in [0.05, 0.1) is 25.2 Å². The van der Waals surface area contributed by atoms with E-state index < -0.39 is 12.1 Å². The summed E-state index contributed by atoms with van der Waals surface area (Å²) in [6.45, 7) is 3.14. The second-order valence-electron chi connectivity index (χ2n) is 7.75. The molecule has 2 amide bonds. The van der Waals surface area contributed by atoms with Crippen molar-refractivity contribution >= 4 is 12.0 Å². The van der Waals surface area contributed by atoms with Gasteiger partial charge in [0.1, 0.15) is 6.04 Å². The van der Waals surface area contributed by atoms with Crippen LogP contribution in [-0.4, -0.2) is 45.6 Å². The Hall–Kier alpha value is -2.83. The third-order valence-corrected chi connectivity index (χ3v) is 5.87. The Morgan fingerprint density at radius 2 is 2.07 bits per heavy atom. The Morgan fingerprint density at radius 3 is 2.76 bits per heavy atom. The molecular weight excluding hydrogens is 368 g/mol. The van der Waals surface area contributed by atoms with Crippen molar-refractivity contribution in [2.24, 2.45) is 0 Å². The Labute approximate surface area is 171 Å². The van der Waals surface area contributed by atoms with Gasteiger partial charge in [-0.25, -0.2) is 9.78 Å². The van der Waals surface area contributed by atoms with Crippen molar-refractivity contribution in [3.63, 3.8) is 0 Å². The molecule has 0 bridgehead atoms. The number of ether oxygens (including phenoxy) is 1. The SMILES string of the molecule is CCOC(=O)N[C@H](Cc1ccccc1)C(=O)N1CCc2c(ncn2C2CCC2)C1. The lowest BCUT2D eigenvalue weighted by molar-refractivity contribution is -0.134. The second kappa shape index (κ2) is 8.68. The fraction of sp³-hybridized carbons (Fsp3) is 0.500. The third kappa shape index (κ3) is 4.28. The molecule has 7 nitrogen and oxygen atoms in total. The average molecular weight is 396 g/mol. The summed E-state index contributed by atoms with van der Waals surface area (Å²) in [7, 11) is 0. The van der Waals surface area contributed by atoms with Crippen molar-refractivity contribution < 1.29 is 14.3 Å². The number of benzene rings is 1. The van der Waals surface area contributed by atoms with Crippen LogP contribution >= 0.6 is 0 Å². The van der Waals surface area contributed by atoms with Crippen LogP contribution in [-0.2, 0) is 28.9 Å². The van der Waals surface area contributed by atoms with E-state index in [-0.39, 0.29) is 12.5 Å². The monoisotopic (exact) mass is 396 g/mol. The molecule has 4 rings (SSSR count). The maximum Gasteiger partial charge on any atom is 0.407 e. The van der Waals surface area contributed by atoms with Crippen LogP contribution in [0.5, 0.6) is 0 Å². The molecule has 2 heterocycles. The molecule has 1 aliphatic carbocycles. The van der Waals surface area contributed by atoms with Crippen LogP contribution in [0, 0.1) is 0 Å². The molecule has 0 unspecified atom stereocenters. The van der Waals surface area contributed by atoms with E-state index in [0.29, 0.717) is 25.6 Å². The van der Waals surface area contributed by atoms with Crippen LogP contribution in [0.2, 0.25) is 0 Å². The first-order chi connectivity index (χ1) is 14.2. The molecule has 7 heteroatoms. The number of aromatic nitrogens is 2. The molecule has 1 aromatic carbocycles. The molecule has 0 spiro atoms. The minimum atomic E-state index is -0.660. The average Bonchev–Trinajstić information content (AvgIpc) is 3.09. The summed E-state index contributed by atoms with van der Waals surface area (Å²) in [5.74, 6) is -0.0919. The maximum atomic E-state index is 13.3. The molecule has 0 saturated heterocycles. The number of hydrogen-bond acceptors (Lipinski definition) is 4. The number of alkyl carbamates (subject to hydrolysis) is 1. The third-order valence-electron chi connectivity index (χ3n) is 5.87. The Balaban J connectivity index is 1.47. The van der Waals surface area contributed by atoms with Crippen LogP contribution in [0.3, 0.4) is 0 Å². The van der Waals surface area contributed by atoms with Crippen LogP contribution in [0.25, 0.3) is 0 Å². The number of amides is 2. The number of rotatable bonds is 6. The zero-order valence-corrected chi connectivity index (χ0v) is 16.8. The summed E-state index contributed by atoms with van der Waals surface area (Å²) in [6, 6.07) is 9.63. The van der Waals surface area contributed by atoms with Crippen LogP contribution in [0.4, 0.5) is 4.79 Å².